The normalized spacial score (nSPS) is 27.0. The predicted molar refractivity (Wildman–Crippen MR) is 270 cm³/mol. The maximum absolute atomic E-state index is 13.5. The summed E-state index contributed by atoms with van der Waals surface area (Å²) in [4.78, 5) is 96.1. The van der Waals surface area contributed by atoms with Gasteiger partial charge in [0.1, 0.15) is 73.5 Å². The summed E-state index contributed by atoms with van der Waals surface area (Å²) in [7, 11) is 1.24. The van der Waals surface area contributed by atoms with Crippen LogP contribution in [0.2, 0.25) is 0 Å². The highest BCUT2D eigenvalue weighted by Gasteiger charge is 2.52. The number of carbonyl (C=O) groups is 6. The largest absolute Gasteiger partial charge is 0.460 e. The van der Waals surface area contributed by atoms with E-state index >= 15 is 0 Å². The molecular weight excluding hydrogens is 1100 g/mol. The molecule has 13 atom stereocenters. The van der Waals surface area contributed by atoms with Gasteiger partial charge in [-0.05, 0) is 36.5 Å². The zero-order chi connectivity index (χ0) is 54.7. The summed E-state index contributed by atoms with van der Waals surface area (Å²) in [6.07, 6.45) is -9.05. The lowest BCUT2D eigenvalue weighted by Gasteiger charge is -2.42. The minimum absolute atomic E-state index is 0.0421. The van der Waals surface area contributed by atoms with Gasteiger partial charge in [0.15, 0.2) is 17.7 Å². The minimum atomic E-state index is -1.82. The van der Waals surface area contributed by atoms with Gasteiger partial charge >= 0.3 is 6.09 Å². The first-order valence-corrected chi connectivity index (χ1v) is 25.3. The second-order valence-electron chi connectivity index (χ2n) is 18.5. The zero-order valence-electron chi connectivity index (χ0n) is 41.4. The van der Waals surface area contributed by atoms with Crippen molar-refractivity contribution in [2.75, 3.05) is 50.5 Å². The molecule has 3 aromatic rings. The third-order valence-corrected chi connectivity index (χ3v) is 15.8. The van der Waals surface area contributed by atoms with E-state index < -0.39 is 121 Å². The number of nitrogens with one attached hydrogen (secondary N) is 5. The van der Waals surface area contributed by atoms with Gasteiger partial charge in [0.05, 0.1) is 37.2 Å². The number of amides is 6. The first kappa shape index (κ1) is 58.6. The van der Waals surface area contributed by atoms with E-state index in [-0.39, 0.29) is 72.9 Å². The number of nitrogens with zero attached hydrogens (tertiary/aromatic N) is 5. The summed E-state index contributed by atoms with van der Waals surface area (Å²) in [5.74, 6) is -3.06. The van der Waals surface area contributed by atoms with E-state index in [4.69, 9.17) is 18.9 Å². The Kier molecular flexibility index (Phi) is 20.6. The van der Waals surface area contributed by atoms with Gasteiger partial charge in [-0.3, -0.25) is 28.9 Å². The second-order valence-corrected chi connectivity index (χ2v) is 20.5. The van der Waals surface area contributed by atoms with Crippen LogP contribution in [0.3, 0.4) is 0 Å². The average molecular weight is 1170 g/mol. The van der Waals surface area contributed by atoms with Gasteiger partial charge in [-0.2, -0.15) is 0 Å². The number of hydrogen-bond acceptors (Lipinski definition) is 21. The molecule has 3 unspecified atom stereocenters. The van der Waals surface area contributed by atoms with Gasteiger partial charge in [0.25, 0.3) is 0 Å². The van der Waals surface area contributed by atoms with Crippen LogP contribution in [0, 0.1) is 11.8 Å². The second kappa shape index (κ2) is 26.4. The molecule has 0 bridgehead atoms. The zero-order valence-corrected chi connectivity index (χ0v) is 43.6. The van der Waals surface area contributed by atoms with E-state index in [0.29, 0.717) is 24.0 Å². The number of aromatic nitrogens is 4. The van der Waals surface area contributed by atoms with Crippen molar-refractivity contribution in [2.45, 2.75) is 124 Å². The van der Waals surface area contributed by atoms with Crippen molar-refractivity contribution < 1.29 is 83.5 Å². The lowest BCUT2D eigenvalue weighted by atomic mass is 9.77. The topological polar surface area (TPSA) is 390 Å². The predicted octanol–water partition coefficient (Wildman–Crippen LogP) is -1.47. The molecule has 0 spiro atoms. The molecule has 27 nitrogen and oxygen atoms in total. The molecule has 0 saturated carbocycles. The summed E-state index contributed by atoms with van der Waals surface area (Å²) in [6.45, 7) is 5.06. The number of aliphatic hydroxyl groups excluding tert-OH is 7. The Bertz CT molecular complexity index is 2500. The lowest BCUT2D eigenvalue weighted by molar-refractivity contribution is -0.277. The molecule has 3 aliphatic rings. The van der Waals surface area contributed by atoms with Crippen LogP contribution in [0.15, 0.2) is 43.5 Å². The van der Waals surface area contributed by atoms with Crippen molar-refractivity contribution in [3.63, 3.8) is 0 Å². The van der Waals surface area contributed by atoms with Crippen molar-refractivity contribution in [1.82, 2.24) is 40.4 Å². The van der Waals surface area contributed by atoms with Crippen molar-refractivity contribution in [3.05, 3.63) is 49.1 Å². The number of likely N-dealkylation sites (tertiary alicyclic amines) is 1. The molecule has 6 amide bonds. The van der Waals surface area contributed by atoms with E-state index in [2.05, 4.69) is 77.3 Å². The number of aromatic amines is 1. The summed E-state index contributed by atoms with van der Waals surface area (Å²) < 4.78 is 22.0. The molecule has 1 aromatic carbocycles. The summed E-state index contributed by atoms with van der Waals surface area (Å²) in [6, 6.07) is 2.73. The van der Waals surface area contributed by atoms with E-state index in [1.165, 1.54) is 37.9 Å². The van der Waals surface area contributed by atoms with Gasteiger partial charge in [-0.1, -0.05) is 55.0 Å². The van der Waals surface area contributed by atoms with Crippen LogP contribution in [0.25, 0.3) is 11.2 Å². The van der Waals surface area contributed by atoms with Crippen LogP contribution in [-0.4, -0.2) is 206 Å². The molecule has 75 heavy (non-hydrogen) atoms. The Morgan fingerprint density at radius 2 is 1.73 bits per heavy atom. The summed E-state index contributed by atoms with van der Waals surface area (Å²) in [5, 5.41) is 83.6. The maximum atomic E-state index is 13.5. The molecule has 3 saturated heterocycles. The van der Waals surface area contributed by atoms with Crippen molar-refractivity contribution in [1.29, 1.82) is 0 Å². The molecule has 0 aliphatic carbocycles. The first-order chi connectivity index (χ1) is 35.7. The number of ether oxygens (including phenoxy) is 4. The maximum Gasteiger partial charge on any atom is 0.410 e. The van der Waals surface area contributed by atoms with Crippen LogP contribution < -0.4 is 26.0 Å². The van der Waals surface area contributed by atoms with Gasteiger partial charge in [0.2, 0.25) is 35.8 Å². The molecular formula is C47H65IN10O17. The molecule has 3 fully saturated rings. The number of aliphatic hydroxyl groups is 7. The number of likely N-dealkylation sites (N-methyl/N-ethyl adjacent to an activating group) is 1. The first-order valence-electron chi connectivity index (χ1n) is 24.3. The fraction of sp³-hybridized carbons (Fsp3) is 0.596. The number of benzene rings is 1. The number of carbonyl (C=O) groups excluding carboxylic acids is 6. The fourth-order valence-corrected chi connectivity index (χ4v) is 10.1. The molecule has 3 aliphatic heterocycles. The van der Waals surface area contributed by atoms with Crippen molar-refractivity contribution in [2.24, 2.45) is 11.8 Å². The Labute approximate surface area is 443 Å². The molecule has 5 heterocycles. The van der Waals surface area contributed by atoms with Crippen molar-refractivity contribution >= 4 is 80.9 Å². The van der Waals surface area contributed by atoms with Crippen LogP contribution in [0.4, 0.5) is 16.3 Å². The molecule has 412 valence electrons. The number of imidazole rings is 1. The SMILES string of the molecule is C=CCCC(I)(C(C)CC)C1CC(=O)N(CCC(=O)NCCC(=O)Nc2cc(COC(=O)N(C)CC(=O)N[C@@H]3[C@@H](O)[C@H](O)[C@@H](Nc4ncnc5nc[nH]c45)O[C@H]3CO)ccc2O[C@H]2O[C@H](CO)[C@@H](O)[C@H](O)[C@@H]2O)C1=O. The average Bonchev–Trinajstić information content (AvgIpc) is 4.00. The summed E-state index contributed by atoms with van der Waals surface area (Å²) in [5.41, 5.74) is 0.882. The molecule has 12 N–H and O–H groups in total. The van der Waals surface area contributed by atoms with Gasteiger partial charge in [-0.25, -0.2) is 19.7 Å². The van der Waals surface area contributed by atoms with E-state index in [9.17, 15) is 64.5 Å². The molecule has 28 heteroatoms. The molecule has 2 aromatic heterocycles. The highest BCUT2D eigenvalue weighted by Crippen LogP contribution is 2.47. The Balaban J connectivity index is 1.03. The number of halogens is 1. The minimum Gasteiger partial charge on any atom is -0.460 e. The third-order valence-electron chi connectivity index (χ3n) is 13.4. The van der Waals surface area contributed by atoms with Crippen molar-refractivity contribution in [3.8, 4) is 5.75 Å². The smallest absolute Gasteiger partial charge is 0.410 e. The number of imide groups is 1. The highest BCUT2D eigenvalue weighted by molar-refractivity contribution is 14.1. The van der Waals surface area contributed by atoms with Gasteiger partial charge in [0, 0.05) is 42.8 Å². The third kappa shape index (κ3) is 14.0. The standard InChI is InChI=1S/C47H65IN10O17/c1-5-7-12-47(48,23(3)6-2)25-16-33(64)58(44(25)70)14-11-30(61)49-13-10-31(62)54-26-15-24(8-9-27(26)74-45-40(69)38(67)36(65)29(19-60)75-45)20-72-46(71)57(4)17-32(63)55-34-28(18-59)73-43(39(68)37(34)66)56-42-35-41(51-21-50-35)52-22-53-42/h5,8-9,15,21-23,25,28-29,34,36-40,43,45,59-60,65-69H,1,6-7,10-14,16-20H2,2-4H3,(H,49,61)(H,54,62)(H,55,63)(H2,50,51,52,53,56)/t23?,25?,28-,29+,34-,36+,37+,38-,39-,40-,43-,45-,47?/m0/s1. The fourth-order valence-electron chi connectivity index (χ4n) is 8.90. The highest BCUT2D eigenvalue weighted by atomic mass is 127. The number of allylic oxidation sites excluding steroid dienone is 1. The molecule has 6 rings (SSSR count). The number of hydrogen-bond donors (Lipinski definition) is 12. The van der Waals surface area contributed by atoms with Gasteiger partial charge < -0.3 is 85.8 Å². The van der Waals surface area contributed by atoms with E-state index in [1.54, 1.807) is 6.08 Å². The summed E-state index contributed by atoms with van der Waals surface area (Å²) >= 11 is 2.31. The number of alkyl halides is 1. The van der Waals surface area contributed by atoms with E-state index in [1.807, 2.05) is 6.92 Å². The number of anilines is 2. The monoisotopic (exact) mass is 1170 g/mol. The Morgan fingerprint density at radius 3 is 2.44 bits per heavy atom. The number of fused-ring (bicyclic) bond motifs is 1. The Morgan fingerprint density at radius 1 is 0.987 bits per heavy atom. The Hall–Kier alpha value is -5.70. The molecule has 0 radical (unpaired) electrons. The number of rotatable bonds is 24. The number of H-pyrrole nitrogens is 1. The van der Waals surface area contributed by atoms with Gasteiger partial charge in [-0.15, -0.1) is 6.58 Å². The quantitative estimate of drug-likeness (QED) is 0.0211. The lowest BCUT2D eigenvalue weighted by Crippen LogP contribution is -2.66. The van der Waals surface area contributed by atoms with Crippen LogP contribution in [0.1, 0.15) is 57.9 Å². The van der Waals surface area contributed by atoms with E-state index in [0.717, 1.165) is 16.2 Å². The van der Waals surface area contributed by atoms with Crippen LogP contribution in [-0.2, 0) is 44.8 Å². The van der Waals surface area contributed by atoms with Crippen LogP contribution >= 0.6 is 22.6 Å². The van der Waals surface area contributed by atoms with Crippen LogP contribution in [0.5, 0.6) is 5.75 Å².